The van der Waals surface area contributed by atoms with Crippen LogP contribution in [-0.4, -0.2) is 32.3 Å². The minimum absolute atomic E-state index is 0.156. The van der Waals surface area contributed by atoms with Crippen molar-refractivity contribution in [1.29, 1.82) is 0 Å². The minimum Gasteiger partial charge on any atom is -0.236 e. The van der Waals surface area contributed by atoms with Crippen LogP contribution in [0.2, 0.25) is 0 Å². The van der Waals surface area contributed by atoms with Gasteiger partial charge >= 0.3 is 0 Å². The van der Waals surface area contributed by atoms with Crippen molar-refractivity contribution in [3.8, 4) is 0 Å². The van der Waals surface area contributed by atoms with Crippen LogP contribution in [0.4, 0.5) is 26.3 Å². The Morgan fingerprint density at radius 3 is 1.42 bits per heavy atom. The van der Waals surface area contributed by atoms with Crippen LogP contribution >= 0.6 is 31.9 Å². The van der Waals surface area contributed by atoms with E-state index in [1.54, 1.807) is 0 Å². The summed E-state index contributed by atoms with van der Waals surface area (Å²) in [7, 11) is 0. The van der Waals surface area contributed by atoms with Crippen molar-refractivity contribution in [2.24, 2.45) is 11.8 Å². The van der Waals surface area contributed by atoms with Gasteiger partial charge in [-0.15, -0.1) is 0 Å². The zero-order chi connectivity index (χ0) is 14.2. The summed E-state index contributed by atoms with van der Waals surface area (Å²) in [5, 5.41) is 0. The molecule has 4 aliphatic rings. The molecule has 0 aliphatic heterocycles. The van der Waals surface area contributed by atoms with E-state index in [4.69, 9.17) is 0 Å². The van der Waals surface area contributed by atoms with Gasteiger partial charge in [-0.25, -0.2) is 26.3 Å². The third-order valence-corrected chi connectivity index (χ3v) is 8.53. The molecule has 0 aromatic carbocycles. The molecule has 4 rings (SSSR count). The van der Waals surface area contributed by atoms with E-state index < -0.39 is 55.8 Å². The lowest BCUT2D eigenvalue weighted by Gasteiger charge is -2.71. The summed E-state index contributed by atoms with van der Waals surface area (Å²) in [6.45, 7) is 0. The maximum atomic E-state index is 14.9. The zero-order valence-corrected chi connectivity index (χ0v) is 12.2. The highest BCUT2D eigenvalue weighted by molar-refractivity contribution is 9.12. The Hall–Kier alpha value is 0.280. The maximum Gasteiger partial charge on any atom is 0.245 e. The molecular weight excluding hydrogens is 406 g/mol. The van der Waals surface area contributed by atoms with Gasteiger partial charge in [0.1, 0.15) is 0 Å². The van der Waals surface area contributed by atoms with Crippen molar-refractivity contribution < 1.29 is 26.3 Å². The average Bonchev–Trinajstić information content (AvgIpc) is 2.81. The predicted octanol–water partition coefficient (Wildman–Crippen LogP) is 4.17. The molecule has 0 amide bonds. The molecule has 4 aliphatic carbocycles. The molecule has 0 spiro atoms. The summed E-state index contributed by atoms with van der Waals surface area (Å²) in [5.41, 5.74) is -14.3. The fourth-order valence-corrected chi connectivity index (χ4v) is 6.49. The van der Waals surface area contributed by atoms with Crippen LogP contribution in [0, 0.1) is 11.8 Å². The van der Waals surface area contributed by atoms with Crippen molar-refractivity contribution in [3.63, 3.8) is 0 Å². The van der Waals surface area contributed by atoms with Crippen LogP contribution in [0.25, 0.3) is 0 Å². The van der Waals surface area contributed by atoms with Crippen LogP contribution in [0.3, 0.4) is 0 Å². The Kier molecular flexibility index (Phi) is 1.99. The minimum atomic E-state index is -3.82. The van der Waals surface area contributed by atoms with E-state index >= 15 is 0 Å². The SMILES string of the molecule is FC1=C(F)C2(F)C1(F)C1(F)C3CC(C(Br)C3Br)C21F. The lowest BCUT2D eigenvalue weighted by molar-refractivity contribution is -0.364. The van der Waals surface area contributed by atoms with Gasteiger partial charge in [0, 0.05) is 21.5 Å². The van der Waals surface area contributed by atoms with Gasteiger partial charge in [0.2, 0.25) is 11.3 Å². The molecule has 19 heavy (non-hydrogen) atoms. The Bertz CT molecular complexity index is 507. The van der Waals surface area contributed by atoms with E-state index in [0.29, 0.717) is 0 Å². The molecule has 2 bridgehead atoms. The number of fused-ring (bicyclic) bond motifs is 8. The number of allylic oxidation sites excluding steroid dienone is 2. The number of hydrogen-bond donors (Lipinski definition) is 0. The molecule has 3 saturated carbocycles. The summed E-state index contributed by atoms with van der Waals surface area (Å²) >= 11 is 6.19. The number of alkyl halides is 6. The lowest BCUT2D eigenvalue weighted by Crippen LogP contribution is -2.96. The standard InChI is InChI=1S/C11H6Br2F6/c12-4-2-1-3(5(4)13)9(17)8(2,16)10(18)6(14)7(15)11(9,10)19/h2-5H,1H2. The molecule has 106 valence electrons. The van der Waals surface area contributed by atoms with Gasteiger partial charge in [-0.05, 0) is 6.42 Å². The van der Waals surface area contributed by atoms with Gasteiger partial charge in [0.05, 0.1) is 0 Å². The van der Waals surface area contributed by atoms with E-state index in [0.717, 1.165) is 0 Å². The monoisotopic (exact) mass is 410 g/mol. The van der Waals surface area contributed by atoms with E-state index in [2.05, 4.69) is 31.9 Å². The maximum absolute atomic E-state index is 14.9. The second-order valence-corrected chi connectivity index (χ2v) is 7.82. The smallest absolute Gasteiger partial charge is 0.236 e. The summed E-state index contributed by atoms with van der Waals surface area (Å²) in [5.74, 6) is -6.74. The lowest BCUT2D eigenvalue weighted by atomic mass is 9.38. The van der Waals surface area contributed by atoms with Crippen LogP contribution in [0.5, 0.6) is 0 Å². The highest BCUT2D eigenvalue weighted by Gasteiger charge is 3.07. The quantitative estimate of drug-likeness (QED) is 0.414. The molecule has 8 heteroatoms. The largest absolute Gasteiger partial charge is 0.245 e. The first-order valence-corrected chi connectivity index (χ1v) is 7.55. The summed E-state index contributed by atoms with van der Waals surface area (Å²) < 4.78 is 85.0. The molecule has 0 saturated heterocycles. The van der Waals surface area contributed by atoms with Gasteiger partial charge in [-0.2, -0.15) is 0 Å². The van der Waals surface area contributed by atoms with Gasteiger partial charge in [-0.1, -0.05) is 31.9 Å². The topological polar surface area (TPSA) is 0 Å². The Balaban J connectivity index is 1.98. The fourth-order valence-electron chi connectivity index (χ4n) is 4.59. The summed E-state index contributed by atoms with van der Waals surface area (Å²) in [4.78, 5) is -1.31. The van der Waals surface area contributed by atoms with Crippen LogP contribution in [-0.2, 0) is 0 Å². The second-order valence-electron chi connectivity index (χ2n) is 5.71. The molecule has 0 nitrogen and oxygen atoms in total. The van der Waals surface area contributed by atoms with E-state index in [1.807, 2.05) is 0 Å². The molecule has 3 fully saturated rings. The van der Waals surface area contributed by atoms with Gasteiger partial charge < -0.3 is 0 Å². The van der Waals surface area contributed by atoms with Crippen LogP contribution in [0.15, 0.2) is 11.7 Å². The van der Waals surface area contributed by atoms with Crippen molar-refractivity contribution in [2.75, 3.05) is 0 Å². The third-order valence-electron chi connectivity index (χ3n) is 5.41. The molecule has 8 atom stereocenters. The average molecular weight is 412 g/mol. The van der Waals surface area contributed by atoms with Crippen molar-refractivity contribution >= 4 is 31.9 Å². The van der Waals surface area contributed by atoms with Crippen LogP contribution in [0.1, 0.15) is 6.42 Å². The zero-order valence-electron chi connectivity index (χ0n) is 9.04. The highest BCUT2D eigenvalue weighted by atomic mass is 79.9. The third kappa shape index (κ3) is 0.752. The van der Waals surface area contributed by atoms with E-state index in [1.165, 1.54) is 0 Å². The first-order valence-electron chi connectivity index (χ1n) is 5.71. The molecule has 0 aromatic heterocycles. The van der Waals surface area contributed by atoms with Gasteiger partial charge in [-0.3, -0.25) is 0 Å². The second kappa shape index (κ2) is 2.91. The summed E-state index contributed by atoms with van der Waals surface area (Å²) in [6.07, 6.45) is -0.156. The Morgan fingerprint density at radius 1 is 0.789 bits per heavy atom. The Morgan fingerprint density at radius 2 is 1.11 bits per heavy atom. The molecule has 0 N–H and O–H groups in total. The molecule has 0 radical (unpaired) electrons. The van der Waals surface area contributed by atoms with Crippen molar-refractivity contribution in [2.45, 2.75) is 38.8 Å². The number of halogens is 8. The highest BCUT2D eigenvalue weighted by Crippen LogP contribution is 2.87. The predicted molar refractivity (Wildman–Crippen MR) is 61.6 cm³/mol. The number of hydrogen-bond acceptors (Lipinski definition) is 0. The molecule has 0 aromatic rings. The first-order chi connectivity index (χ1) is 8.61. The Labute approximate surface area is 120 Å². The normalized spacial score (nSPS) is 69.5. The van der Waals surface area contributed by atoms with Gasteiger partial charge in [0.25, 0.3) is 0 Å². The number of rotatable bonds is 0. The summed E-state index contributed by atoms with van der Waals surface area (Å²) in [6, 6.07) is 0. The molecular formula is C11H6Br2F6. The van der Waals surface area contributed by atoms with Crippen molar-refractivity contribution in [1.82, 2.24) is 0 Å². The van der Waals surface area contributed by atoms with Crippen molar-refractivity contribution in [3.05, 3.63) is 11.7 Å². The van der Waals surface area contributed by atoms with Gasteiger partial charge in [0.15, 0.2) is 23.0 Å². The first kappa shape index (κ1) is 13.0. The molecule has 0 heterocycles. The van der Waals surface area contributed by atoms with Crippen LogP contribution < -0.4 is 0 Å². The fraction of sp³-hybridized carbons (Fsp3) is 0.818. The molecule has 8 unspecified atom stereocenters. The van der Waals surface area contributed by atoms with E-state index in [9.17, 15) is 26.3 Å². The van der Waals surface area contributed by atoms with E-state index in [-0.39, 0.29) is 6.42 Å².